The summed E-state index contributed by atoms with van der Waals surface area (Å²) in [6, 6.07) is 0. The lowest BCUT2D eigenvalue weighted by Crippen LogP contribution is -2.09. The molecule has 0 bridgehead atoms. The third-order valence-electron chi connectivity index (χ3n) is 1.61. The van der Waals surface area contributed by atoms with Crippen LogP contribution in [0, 0.1) is 0 Å². The van der Waals surface area contributed by atoms with E-state index in [0.717, 1.165) is 11.3 Å². The number of hydrogen-bond donors (Lipinski definition) is 0. The molecule has 8 heteroatoms. The molecule has 0 spiro atoms. The van der Waals surface area contributed by atoms with Crippen LogP contribution in [0.3, 0.4) is 0 Å². The maximum atomic E-state index is 11.9. The first kappa shape index (κ1) is 14.3. The highest BCUT2D eigenvalue weighted by Crippen LogP contribution is 2.47. The van der Waals surface area contributed by atoms with Gasteiger partial charge >= 0.3 is 13.6 Å². The molecule has 0 fully saturated rings. The predicted molar refractivity (Wildman–Crippen MR) is 63.3 cm³/mol. The molecule has 17 heavy (non-hydrogen) atoms. The van der Waals surface area contributed by atoms with Gasteiger partial charge in [0.05, 0.1) is 13.2 Å². The van der Waals surface area contributed by atoms with Gasteiger partial charge in [-0.15, -0.1) is 11.3 Å². The molecule has 0 amide bonds. The van der Waals surface area contributed by atoms with Crippen LogP contribution < -0.4 is 0 Å². The summed E-state index contributed by atoms with van der Waals surface area (Å²) in [4.78, 5) is 15.2. The molecule has 0 aliphatic rings. The molecule has 0 atom stereocenters. The zero-order valence-corrected chi connectivity index (χ0v) is 11.3. The molecular weight excluding hydrogens is 265 g/mol. The topological polar surface area (TPSA) is 74.7 Å². The lowest BCUT2D eigenvalue weighted by molar-refractivity contribution is 0.0532. The number of nitrogens with zero attached hydrogens (tertiary/aromatic N) is 1. The summed E-state index contributed by atoms with van der Waals surface area (Å²) in [5.41, 5.74) is 0. The highest BCUT2D eigenvalue weighted by Gasteiger charge is 2.26. The van der Waals surface area contributed by atoms with Crippen LogP contribution in [-0.4, -0.2) is 30.5 Å². The van der Waals surface area contributed by atoms with E-state index in [1.165, 1.54) is 6.20 Å². The van der Waals surface area contributed by atoms with Gasteiger partial charge in [-0.2, -0.15) is 0 Å². The zero-order chi connectivity index (χ0) is 12.7. The number of rotatable bonds is 7. The Hall–Kier alpha value is -0.750. The number of esters is 1. The Morgan fingerprint density at radius 3 is 2.53 bits per heavy atom. The minimum atomic E-state index is -3.34. The second-order valence-electron chi connectivity index (χ2n) is 2.84. The molecule has 0 unspecified atom stereocenters. The molecule has 0 aromatic carbocycles. The fourth-order valence-corrected chi connectivity index (χ4v) is 2.84. The molecule has 0 aliphatic carbocycles. The number of thiazole rings is 1. The highest BCUT2D eigenvalue weighted by atomic mass is 32.1. The Kier molecular flexibility index (Phi) is 5.77. The van der Waals surface area contributed by atoms with Crippen LogP contribution in [0.1, 0.15) is 23.6 Å². The van der Waals surface area contributed by atoms with Crippen molar-refractivity contribution in [3.8, 4) is 0 Å². The van der Waals surface area contributed by atoms with Crippen LogP contribution in [0.4, 0.5) is 0 Å². The molecule has 0 saturated heterocycles. The first-order chi connectivity index (χ1) is 8.11. The van der Waals surface area contributed by atoms with Gasteiger partial charge in [-0.3, -0.25) is 4.57 Å². The zero-order valence-electron chi connectivity index (χ0n) is 9.62. The van der Waals surface area contributed by atoms with Crippen molar-refractivity contribution in [2.45, 2.75) is 13.8 Å². The third-order valence-corrected chi connectivity index (χ3v) is 4.11. The second-order valence-corrected chi connectivity index (χ2v) is 5.74. The summed E-state index contributed by atoms with van der Waals surface area (Å²) in [7, 11) is -3.34. The molecular formula is C9H14NO5PS. The quantitative estimate of drug-likeness (QED) is 0.564. The Bertz CT molecular complexity index is 384. The van der Waals surface area contributed by atoms with E-state index in [1.54, 1.807) is 19.2 Å². The monoisotopic (exact) mass is 279 g/mol. The first-order valence-corrected chi connectivity index (χ1v) is 7.66. The van der Waals surface area contributed by atoms with Gasteiger partial charge in [0.25, 0.3) is 0 Å². The number of carbonyl (C=O) groups is 1. The van der Waals surface area contributed by atoms with Crippen LogP contribution in [0.25, 0.3) is 0 Å². The minimum absolute atomic E-state index is 0.213. The van der Waals surface area contributed by atoms with Crippen molar-refractivity contribution in [3.63, 3.8) is 0 Å². The Labute approximate surface area is 103 Å². The summed E-state index contributed by atoms with van der Waals surface area (Å²) < 4.78 is 26.8. The van der Waals surface area contributed by atoms with Crippen molar-refractivity contribution in [2.24, 2.45) is 0 Å². The van der Waals surface area contributed by atoms with Gasteiger partial charge in [-0.25, -0.2) is 9.78 Å². The van der Waals surface area contributed by atoms with Crippen molar-refractivity contribution >= 4 is 24.9 Å². The first-order valence-electron chi connectivity index (χ1n) is 5.06. The van der Waals surface area contributed by atoms with Gasteiger partial charge in [0.15, 0.2) is 6.35 Å². The van der Waals surface area contributed by atoms with E-state index in [1.807, 2.05) is 0 Å². The predicted octanol–water partition coefficient (Wildman–Crippen LogP) is 2.52. The normalized spacial score (nSPS) is 11.4. The molecule has 1 aromatic rings. The smallest absolute Gasteiger partial charge is 0.368 e. The van der Waals surface area contributed by atoms with Crippen LogP contribution in [0.5, 0.6) is 0 Å². The summed E-state index contributed by atoms with van der Waals surface area (Å²) in [6.07, 6.45) is 1.10. The van der Waals surface area contributed by atoms with Gasteiger partial charge in [0.1, 0.15) is 0 Å². The fraction of sp³-hybridized carbons (Fsp3) is 0.556. The maximum Gasteiger partial charge on any atom is 0.368 e. The molecule has 0 saturated carbocycles. The van der Waals surface area contributed by atoms with E-state index in [9.17, 15) is 9.36 Å². The number of carbonyl (C=O) groups excluding carboxylic acids is 1. The summed E-state index contributed by atoms with van der Waals surface area (Å²) in [6.45, 7) is 3.83. The van der Waals surface area contributed by atoms with E-state index in [-0.39, 0.29) is 18.2 Å². The Morgan fingerprint density at radius 2 is 2.06 bits per heavy atom. The molecule has 1 aromatic heterocycles. The molecule has 0 N–H and O–H groups in total. The van der Waals surface area contributed by atoms with Crippen LogP contribution >= 0.6 is 18.9 Å². The molecule has 0 aliphatic heterocycles. The summed E-state index contributed by atoms with van der Waals surface area (Å²) in [5.74, 6) is -0.625. The van der Waals surface area contributed by atoms with E-state index in [4.69, 9.17) is 13.8 Å². The van der Waals surface area contributed by atoms with Crippen molar-refractivity contribution in [2.75, 3.05) is 19.6 Å². The van der Waals surface area contributed by atoms with Gasteiger partial charge < -0.3 is 13.8 Å². The van der Waals surface area contributed by atoms with E-state index >= 15 is 0 Å². The number of hydrogen-bond acceptors (Lipinski definition) is 7. The van der Waals surface area contributed by atoms with E-state index in [2.05, 4.69) is 4.98 Å². The van der Waals surface area contributed by atoms with Crippen LogP contribution in [0.15, 0.2) is 11.6 Å². The third kappa shape index (κ3) is 4.55. The van der Waals surface area contributed by atoms with Crippen molar-refractivity contribution in [1.29, 1.82) is 0 Å². The molecule has 6 nitrogen and oxygen atoms in total. The largest absolute Gasteiger partial charge is 0.447 e. The van der Waals surface area contributed by atoms with Gasteiger partial charge in [-0.05, 0) is 13.8 Å². The van der Waals surface area contributed by atoms with Gasteiger partial charge in [0, 0.05) is 11.6 Å². The van der Waals surface area contributed by atoms with Crippen molar-refractivity contribution < 1.29 is 23.1 Å². The maximum absolute atomic E-state index is 11.9. The highest BCUT2D eigenvalue weighted by molar-refractivity contribution is 7.53. The summed E-state index contributed by atoms with van der Waals surface area (Å²) >= 11 is 1.15. The molecule has 96 valence electrons. The lowest BCUT2D eigenvalue weighted by Gasteiger charge is -2.16. The molecule has 0 radical (unpaired) electrons. The molecule has 1 rings (SSSR count). The van der Waals surface area contributed by atoms with Crippen LogP contribution in [-0.2, 0) is 18.3 Å². The van der Waals surface area contributed by atoms with E-state index < -0.39 is 19.9 Å². The standard InChI is InChI=1S/C9H14NO5PS/c1-3-14-16(12,15-4-2)7-13-9(11)8-10-5-6-17-8/h5-6H,3-4,7H2,1-2H3. The fourth-order valence-electron chi connectivity index (χ4n) is 1.03. The van der Waals surface area contributed by atoms with Gasteiger partial charge in [-0.1, -0.05) is 0 Å². The van der Waals surface area contributed by atoms with Crippen LogP contribution in [0.2, 0.25) is 0 Å². The van der Waals surface area contributed by atoms with Crippen molar-refractivity contribution in [3.05, 3.63) is 16.6 Å². The number of ether oxygens (including phenoxy) is 1. The minimum Gasteiger partial charge on any atom is -0.447 e. The Morgan fingerprint density at radius 1 is 1.41 bits per heavy atom. The van der Waals surface area contributed by atoms with Gasteiger partial charge in [0.2, 0.25) is 5.01 Å². The molecule has 1 heterocycles. The SMILES string of the molecule is CCOP(=O)(COC(=O)c1nccs1)OCC. The Balaban J connectivity index is 2.52. The number of aromatic nitrogens is 1. The average molecular weight is 279 g/mol. The summed E-state index contributed by atoms with van der Waals surface area (Å²) in [5, 5.41) is 1.87. The second kappa shape index (κ2) is 6.86. The lowest BCUT2D eigenvalue weighted by atomic mass is 10.7. The van der Waals surface area contributed by atoms with E-state index in [0.29, 0.717) is 0 Å². The van der Waals surface area contributed by atoms with Crippen molar-refractivity contribution in [1.82, 2.24) is 4.98 Å². The average Bonchev–Trinajstić information content (AvgIpc) is 2.80.